The second-order valence-corrected chi connectivity index (χ2v) is 10.0. The van der Waals surface area contributed by atoms with Gasteiger partial charge in [-0.1, -0.05) is 42.0 Å². The third kappa shape index (κ3) is 3.01. The van der Waals surface area contributed by atoms with Crippen LogP contribution in [-0.4, -0.2) is 30.2 Å². The van der Waals surface area contributed by atoms with E-state index < -0.39 is 12.6 Å². The van der Waals surface area contributed by atoms with E-state index >= 15 is 0 Å². The van der Waals surface area contributed by atoms with E-state index in [-0.39, 0.29) is 52.5 Å². The highest BCUT2D eigenvalue weighted by atomic mass is 16.5. The standard InChI is InChI=1S/C28H25NO5/c1-14-7-8-15(2)19(11-14)23(30)13-34-28(33)18-5-3-4-6-22(18)29-26(31)24-16-9-10-17(21-12-20(16)21)25(24)27(29)32/h3-11,16-17,20-21,24-25H,12-13H2,1-2H3/t16-,17-,20-,21-,24-,25+/m0/s1. The van der Waals surface area contributed by atoms with E-state index in [9.17, 15) is 19.2 Å². The summed E-state index contributed by atoms with van der Waals surface area (Å²) >= 11 is 0. The van der Waals surface area contributed by atoms with E-state index in [2.05, 4.69) is 12.2 Å². The van der Waals surface area contributed by atoms with Crippen LogP contribution in [0, 0.1) is 49.4 Å². The number of carbonyl (C=O) groups is 4. The summed E-state index contributed by atoms with van der Waals surface area (Å²) in [4.78, 5) is 53.8. The van der Waals surface area contributed by atoms with Gasteiger partial charge >= 0.3 is 5.97 Å². The van der Waals surface area contributed by atoms with Gasteiger partial charge in [0.25, 0.3) is 0 Å². The topological polar surface area (TPSA) is 80.8 Å². The third-order valence-corrected chi connectivity index (χ3v) is 8.06. The summed E-state index contributed by atoms with van der Waals surface area (Å²) in [5, 5.41) is 0. The van der Waals surface area contributed by atoms with Gasteiger partial charge in [0.2, 0.25) is 17.6 Å². The number of ether oxygens (including phenoxy) is 1. The lowest BCUT2D eigenvalue weighted by Crippen LogP contribution is -2.40. The Hall–Kier alpha value is -3.54. The van der Waals surface area contributed by atoms with Crippen molar-refractivity contribution in [3.63, 3.8) is 0 Å². The molecule has 1 aliphatic heterocycles. The minimum absolute atomic E-state index is 0.107. The highest BCUT2D eigenvalue weighted by molar-refractivity contribution is 6.24. The molecule has 0 radical (unpaired) electrons. The molecule has 2 bridgehead atoms. The van der Waals surface area contributed by atoms with Gasteiger partial charge in [-0.05, 0) is 67.7 Å². The van der Waals surface area contributed by atoms with Crippen molar-refractivity contribution in [3.05, 3.63) is 76.9 Å². The normalized spacial score (nSPS) is 30.2. The number of anilines is 1. The summed E-state index contributed by atoms with van der Waals surface area (Å²) in [5.41, 5.74) is 2.62. The fraction of sp³-hybridized carbons (Fsp3) is 0.357. The number of nitrogens with zero attached hydrogens (tertiary/aromatic N) is 1. The summed E-state index contributed by atoms with van der Waals surface area (Å²) in [7, 11) is 0. The molecule has 34 heavy (non-hydrogen) atoms. The van der Waals surface area contributed by atoms with E-state index in [0.717, 1.165) is 17.5 Å². The molecule has 4 aliphatic carbocycles. The smallest absolute Gasteiger partial charge is 0.340 e. The third-order valence-electron chi connectivity index (χ3n) is 8.06. The van der Waals surface area contributed by atoms with Gasteiger partial charge in [-0.15, -0.1) is 0 Å². The molecule has 3 fully saturated rings. The van der Waals surface area contributed by atoms with Crippen molar-refractivity contribution in [1.82, 2.24) is 0 Å². The van der Waals surface area contributed by atoms with Crippen LogP contribution in [0.4, 0.5) is 5.69 Å². The van der Waals surface area contributed by atoms with Gasteiger partial charge in [0.15, 0.2) is 6.61 Å². The highest BCUT2D eigenvalue weighted by Crippen LogP contribution is 2.65. The first kappa shape index (κ1) is 21.0. The van der Waals surface area contributed by atoms with Gasteiger partial charge in [-0.3, -0.25) is 14.4 Å². The fourth-order valence-electron chi connectivity index (χ4n) is 6.36. The lowest BCUT2D eigenvalue weighted by molar-refractivity contribution is -0.124. The zero-order valence-electron chi connectivity index (χ0n) is 19.1. The predicted molar refractivity (Wildman–Crippen MR) is 124 cm³/mol. The molecule has 2 aromatic rings. The van der Waals surface area contributed by atoms with Gasteiger partial charge < -0.3 is 4.74 Å². The van der Waals surface area contributed by atoms with E-state index in [0.29, 0.717) is 17.4 Å². The van der Waals surface area contributed by atoms with Crippen LogP contribution in [0.3, 0.4) is 0 Å². The van der Waals surface area contributed by atoms with Crippen molar-refractivity contribution >= 4 is 29.3 Å². The van der Waals surface area contributed by atoms with Crippen LogP contribution in [-0.2, 0) is 14.3 Å². The van der Waals surface area contributed by atoms with Crippen LogP contribution in [0.5, 0.6) is 0 Å². The van der Waals surface area contributed by atoms with E-state index in [1.165, 1.54) is 11.0 Å². The minimum atomic E-state index is -0.728. The van der Waals surface area contributed by atoms with Crippen LogP contribution in [0.2, 0.25) is 0 Å². The number of hydrogen-bond acceptors (Lipinski definition) is 5. The first-order valence-corrected chi connectivity index (χ1v) is 11.8. The Balaban J connectivity index is 1.24. The van der Waals surface area contributed by atoms with Crippen molar-refractivity contribution in [2.45, 2.75) is 20.3 Å². The molecule has 6 nitrogen and oxygen atoms in total. The molecule has 2 amide bonds. The van der Waals surface area contributed by atoms with Crippen LogP contribution in [0.1, 0.15) is 38.3 Å². The Kier molecular flexibility index (Phi) is 4.63. The second kappa shape index (κ2) is 7.49. The molecule has 0 spiro atoms. The number of imide groups is 1. The van der Waals surface area contributed by atoms with Gasteiger partial charge in [0, 0.05) is 5.56 Å². The Morgan fingerprint density at radius 2 is 1.56 bits per heavy atom. The second-order valence-electron chi connectivity index (χ2n) is 10.0. The van der Waals surface area contributed by atoms with Crippen molar-refractivity contribution in [1.29, 1.82) is 0 Å². The Morgan fingerprint density at radius 3 is 2.24 bits per heavy atom. The number of aryl methyl sites for hydroxylation is 2. The van der Waals surface area contributed by atoms with Crippen LogP contribution in [0.25, 0.3) is 0 Å². The lowest BCUT2D eigenvalue weighted by atomic mass is 9.63. The number of carbonyl (C=O) groups excluding carboxylic acids is 4. The predicted octanol–water partition coefficient (Wildman–Crippen LogP) is 3.90. The highest BCUT2D eigenvalue weighted by Gasteiger charge is 2.67. The molecule has 0 unspecified atom stereocenters. The molecule has 6 heteroatoms. The van der Waals surface area contributed by atoms with Gasteiger partial charge in [0.05, 0.1) is 23.1 Å². The summed E-state index contributed by atoms with van der Waals surface area (Å²) < 4.78 is 5.36. The molecule has 1 saturated heterocycles. The molecule has 2 saturated carbocycles. The van der Waals surface area contributed by atoms with Gasteiger partial charge in [-0.25, -0.2) is 9.69 Å². The average molecular weight is 456 g/mol. The fourth-order valence-corrected chi connectivity index (χ4v) is 6.36. The van der Waals surface area contributed by atoms with Crippen LogP contribution >= 0.6 is 0 Å². The summed E-state index contributed by atoms with van der Waals surface area (Å²) in [6.45, 7) is 3.31. The molecular formula is C28H25NO5. The molecule has 0 aromatic heterocycles. The number of amides is 2. The van der Waals surface area contributed by atoms with Crippen molar-refractivity contribution < 1.29 is 23.9 Å². The maximum absolute atomic E-state index is 13.5. The molecule has 2 aromatic carbocycles. The number of esters is 1. The Labute approximate surface area is 197 Å². The number of para-hydroxylation sites is 1. The monoisotopic (exact) mass is 455 g/mol. The largest absolute Gasteiger partial charge is 0.454 e. The SMILES string of the molecule is Cc1ccc(C)c(C(=O)COC(=O)c2ccccc2N2C(=O)[C@@H]3[C@H]4C=C[C@@H]([C@@H]5C[C@@H]45)[C@@H]3C2=O)c1. The number of Topliss-reactive ketones (excluding diaryl/α,β-unsaturated/α-hetero) is 1. The summed E-state index contributed by atoms with van der Waals surface area (Å²) in [5.74, 6) is -0.956. The van der Waals surface area contributed by atoms with Crippen molar-refractivity contribution in [3.8, 4) is 0 Å². The van der Waals surface area contributed by atoms with Gasteiger partial charge in [-0.2, -0.15) is 0 Å². The lowest BCUT2D eigenvalue weighted by Gasteiger charge is -2.37. The minimum Gasteiger partial charge on any atom is -0.454 e. The number of rotatable bonds is 5. The summed E-state index contributed by atoms with van der Waals surface area (Å²) in [6.07, 6.45) is 5.33. The maximum Gasteiger partial charge on any atom is 0.340 e. The van der Waals surface area contributed by atoms with Crippen molar-refractivity contribution in [2.75, 3.05) is 11.5 Å². The zero-order valence-corrected chi connectivity index (χ0v) is 19.1. The number of hydrogen-bond donors (Lipinski definition) is 0. The van der Waals surface area contributed by atoms with Gasteiger partial charge in [0.1, 0.15) is 0 Å². The molecule has 6 atom stereocenters. The Bertz CT molecular complexity index is 1260. The molecule has 1 heterocycles. The van der Waals surface area contributed by atoms with Crippen LogP contribution < -0.4 is 4.90 Å². The molecule has 7 rings (SSSR count). The number of benzene rings is 2. The molecule has 5 aliphatic rings. The van der Waals surface area contributed by atoms with E-state index in [4.69, 9.17) is 4.74 Å². The quantitative estimate of drug-likeness (QED) is 0.296. The first-order chi connectivity index (χ1) is 16.4. The molecule has 172 valence electrons. The average Bonchev–Trinajstić information content (AvgIpc) is 3.62. The maximum atomic E-state index is 13.5. The zero-order chi connectivity index (χ0) is 23.7. The van der Waals surface area contributed by atoms with E-state index in [1.54, 1.807) is 24.3 Å². The van der Waals surface area contributed by atoms with E-state index in [1.807, 2.05) is 26.0 Å². The first-order valence-electron chi connectivity index (χ1n) is 11.8. The number of allylic oxidation sites excluding steroid dienone is 2. The van der Waals surface area contributed by atoms with Crippen LogP contribution in [0.15, 0.2) is 54.6 Å². The van der Waals surface area contributed by atoms with Crippen molar-refractivity contribution in [2.24, 2.45) is 35.5 Å². The molecule has 0 N–H and O–H groups in total. The molecular weight excluding hydrogens is 430 g/mol. The summed E-state index contributed by atoms with van der Waals surface area (Å²) in [6, 6.07) is 12.0. The Morgan fingerprint density at radius 1 is 0.912 bits per heavy atom. The number of ketones is 1.